The van der Waals surface area contributed by atoms with Gasteiger partial charge in [-0.15, -0.1) is 0 Å². The summed E-state index contributed by atoms with van der Waals surface area (Å²) in [6, 6.07) is 0. The molecule has 2 aromatic heterocycles. The van der Waals surface area contributed by atoms with Gasteiger partial charge in [-0.05, 0) is 0 Å². The van der Waals surface area contributed by atoms with Gasteiger partial charge >= 0.3 is 0 Å². The highest BCUT2D eigenvalue weighted by atomic mass is 15.3. The van der Waals surface area contributed by atoms with Crippen molar-refractivity contribution in [2.75, 3.05) is 6.54 Å². The van der Waals surface area contributed by atoms with Crippen LogP contribution < -0.4 is 0 Å². The van der Waals surface area contributed by atoms with E-state index in [0.717, 1.165) is 37.8 Å². The Bertz CT molecular complexity index is 562. The normalized spacial score (nSPS) is 16.6. The van der Waals surface area contributed by atoms with Crippen molar-refractivity contribution in [3.05, 3.63) is 29.9 Å². The van der Waals surface area contributed by atoms with Gasteiger partial charge in [-0.2, -0.15) is 5.10 Å². The number of fused-ring (bicyclic) bond motifs is 1. The van der Waals surface area contributed by atoms with Crippen molar-refractivity contribution in [1.29, 1.82) is 0 Å². The Labute approximate surface area is 112 Å². The summed E-state index contributed by atoms with van der Waals surface area (Å²) < 4.78 is 2.21. The van der Waals surface area contributed by atoms with Crippen LogP contribution in [0.25, 0.3) is 0 Å². The SMILES string of the molecule is CC(C)(C)c1n[nH]c(CN2CCn3cncc3C2)n1. The van der Waals surface area contributed by atoms with Crippen LogP contribution in [0.3, 0.4) is 0 Å². The molecule has 6 nitrogen and oxygen atoms in total. The molecule has 1 aliphatic rings. The number of nitrogens with one attached hydrogen (secondary N) is 1. The molecule has 3 rings (SSSR count). The predicted octanol–water partition coefficient (Wildman–Crippen LogP) is 1.31. The molecule has 0 spiro atoms. The lowest BCUT2D eigenvalue weighted by molar-refractivity contribution is 0.208. The summed E-state index contributed by atoms with van der Waals surface area (Å²) in [5.74, 6) is 1.82. The second kappa shape index (κ2) is 4.45. The van der Waals surface area contributed by atoms with Gasteiger partial charge in [-0.1, -0.05) is 20.8 Å². The summed E-state index contributed by atoms with van der Waals surface area (Å²) in [5, 5.41) is 7.36. The van der Waals surface area contributed by atoms with Gasteiger partial charge in [-0.3, -0.25) is 10.00 Å². The van der Waals surface area contributed by atoms with Crippen LogP contribution in [0.15, 0.2) is 12.5 Å². The highest BCUT2D eigenvalue weighted by Gasteiger charge is 2.21. The zero-order chi connectivity index (χ0) is 13.5. The standard InChI is InChI=1S/C13H20N6/c1-13(2,3)12-15-11(16-17-12)8-18-4-5-19-9-14-6-10(19)7-18/h6,9H,4-5,7-8H2,1-3H3,(H,15,16,17). The minimum atomic E-state index is -0.00469. The van der Waals surface area contributed by atoms with E-state index in [9.17, 15) is 0 Å². The monoisotopic (exact) mass is 260 g/mol. The quantitative estimate of drug-likeness (QED) is 0.884. The van der Waals surface area contributed by atoms with Crippen LogP contribution in [-0.4, -0.2) is 36.2 Å². The van der Waals surface area contributed by atoms with Gasteiger partial charge in [0.05, 0.1) is 18.6 Å². The number of H-pyrrole nitrogens is 1. The lowest BCUT2D eigenvalue weighted by atomic mass is 9.96. The average molecular weight is 260 g/mol. The van der Waals surface area contributed by atoms with Crippen molar-refractivity contribution in [1.82, 2.24) is 29.6 Å². The minimum absolute atomic E-state index is 0.00469. The maximum atomic E-state index is 4.59. The smallest absolute Gasteiger partial charge is 0.156 e. The summed E-state index contributed by atoms with van der Waals surface area (Å²) >= 11 is 0. The molecule has 0 radical (unpaired) electrons. The molecular weight excluding hydrogens is 240 g/mol. The summed E-state index contributed by atoms with van der Waals surface area (Å²) in [4.78, 5) is 11.1. The van der Waals surface area contributed by atoms with Crippen molar-refractivity contribution >= 4 is 0 Å². The van der Waals surface area contributed by atoms with E-state index in [-0.39, 0.29) is 5.41 Å². The number of hydrogen-bond acceptors (Lipinski definition) is 4. The number of aromatic nitrogens is 5. The Morgan fingerprint density at radius 3 is 2.89 bits per heavy atom. The molecule has 0 saturated heterocycles. The largest absolute Gasteiger partial charge is 0.332 e. The van der Waals surface area contributed by atoms with Gasteiger partial charge in [0.1, 0.15) is 5.82 Å². The summed E-state index contributed by atoms with van der Waals surface area (Å²) in [5.41, 5.74) is 1.26. The fraction of sp³-hybridized carbons (Fsp3) is 0.615. The molecule has 0 bridgehead atoms. The lowest BCUT2D eigenvalue weighted by Crippen LogP contribution is -2.33. The minimum Gasteiger partial charge on any atom is -0.332 e. The van der Waals surface area contributed by atoms with Gasteiger partial charge in [0.15, 0.2) is 5.82 Å². The van der Waals surface area contributed by atoms with Crippen LogP contribution in [0.5, 0.6) is 0 Å². The third kappa shape index (κ3) is 2.53. The highest BCUT2D eigenvalue weighted by molar-refractivity contribution is 5.04. The van der Waals surface area contributed by atoms with Crippen LogP contribution >= 0.6 is 0 Å². The topological polar surface area (TPSA) is 62.6 Å². The van der Waals surface area contributed by atoms with Crippen LogP contribution in [0.1, 0.15) is 38.1 Å². The third-order valence-electron chi connectivity index (χ3n) is 3.42. The van der Waals surface area contributed by atoms with Gasteiger partial charge < -0.3 is 4.57 Å². The first-order valence-electron chi connectivity index (χ1n) is 6.65. The van der Waals surface area contributed by atoms with Crippen LogP contribution in [-0.2, 0) is 25.0 Å². The molecule has 102 valence electrons. The Morgan fingerprint density at radius 1 is 1.32 bits per heavy atom. The van der Waals surface area contributed by atoms with E-state index in [0.29, 0.717) is 0 Å². The number of hydrogen-bond donors (Lipinski definition) is 1. The maximum Gasteiger partial charge on any atom is 0.156 e. The van der Waals surface area contributed by atoms with E-state index >= 15 is 0 Å². The highest BCUT2D eigenvalue weighted by Crippen LogP contribution is 2.18. The Balaban J connectivity index is 1.68. The van der Waals surface area contributed by atoms with Crippen molar-refractivity contribution in [2.24, 2.45) is 0 Å². The molecule has 0 aromatic carbocycles. The van der Waals surface area contributed by atoms with Crippen LogP contribution in [0, 0.1) is 0 Å². The lowest BCUT2D eigenvalue weighted by Gasteiger charge is -2.26. The van der Waals surface area contributed by atoms with Gasteiger partial charge in [0.25, 0.3) is 0 Å². The first-order valence-corrected chi connectivity index (χ1v) is 6.65. The van der Waals surface area contributed by atoms with Crippen LogP contribution in [0.2, 0.25) is 0 Å². The zero-order valence-electron chi connectivity index (χ0n) is 11.7. The van der Waals surface area contributed by atoms with Gasteiger partial charge in [-0.25, -0.2) is 9.97 Å². The Hall–Kier alpha value is -1.69. The molecule has 6 heteroatoms. The number of rotatable bonds is 2. The van der Waals surface area contributed by atoms with E-state index in [4.69, 9.17) is 0 Å². The van der Waals surface area contributed by atoms with E-state index in [1.54, 1.807) is 0 Å². The van der Waals surface area contributed by atoms with E-state index in [2.05, 4.69) is 50.4 Å². The Kier molecular flexibility index (Phi) is 2.89. The molecule has 19 heavy (non-hydrogen) atoms. The molecule has 0 atom stereocenters. The summed E-state index contributed by atoms with van der Waals surface area (Å²) in [6.07, 6.45) is 3.84. The van der Waals surface area contributed by atoms with Gasteiger partial charge in [0.2, 0.25) is 0 Å². The molecule has 1 aliphatic heterocycles. The number of imidazole rings is 1. The molecule has 0 aliphatic carbocycles. The van der Waals surface area contributed by atoms with Crippen molar-refractivity contribution in [3.8, 4) is 0 Å². The zero-order valence-corrected chi connectivity index (χ0v) is 11.7. The molecule has 2 aromatic rings. The summed E-state index contributed by atoms with van der Waals surface area (Å²) in [7, 11) is 0. The fourth-order valence-corrected chi connectivity index (χ4v) is 2.29. The van der Waals surface area contributed by atoms with Crippen molar-refractivity contribution < 1.29 is 0 Å². The fourth-order valence-electron chi connectivity index (χ4n) is 2.29. The van der Waals surface area contributed by atoms with Crippen molar-refractivity contribution in [2.45, 2.75) is 45.8 Å². The second-order valence-corrected chi connectivity index (χ2v) is 6.14. The number of nitrogens with zero attached hydrogens (tertiary/aromatic N) is 5. The van der Waals surface area contributed by atoms with Crippen LogP contribution in [0.4, 0.5) is 0 Å². The summed E-state index contributed by atoms with van der Waals surface area (Å²) in [6.45, 7) is 10.1. The number of aromatic amines is 1. The molecule has 0 saturated carbocycles. The van der Waals surface area contributed by atoms with E-state index in [1.807, 2.05) is 12.5 Å². The van der Waals surface area contributed by atoms with Gasteiger partial charge in [0, 0.05) is 31.2 Å². The average Bonchev–Trinajstić information content (AvgIpc) is 2.95. The molecule has 1 N–H and O–H groups in total. The first kappa shape index (κ1) is 12.3. The Morgan fingerprint density at radius 2 is 2.16 bits per heavy atom. The molecule has 0 fully saturated rings. The maximum absolute atomic E-state index is 4.59. The van der Waals surface area contributed by atoms with Crippen molar-refractivity contribution in [3.63, 3.8) is 0 Å². The molecule has 0 unspecified atom stereocenters. The van der Waals surface area contributed by atoms with E-state index < -0.39 is 0 Å². The third-order valence-corrected chi connectivity index (χ3v) is 3.42. The first-order chi connectivity index (χ1) is 9.02. The van der Waals surface area contributed by atoms with E-state index in [1.165, 1.54) is 5.69 Å². The predicted molar refractivity (Wildman–Crippen MR) is 71.4 cm³/mol. The second-order valence-electron chi connectivity index (χ2n) is 6.14. The molecule has 3 heterocycles. The molecular formula is C13H20N6. The molecule has 0 amide bonds.